The average molecular weight is 402 g/mol. The lowest BCUT2D eigenvalue weighted by molar-refractivity contribution is 0.521. The normalized spacial score (nSPS) is 12.9. The molecule has 0 fully saturated rings. The Hall–Kier alpha value is -2.48. The van der Waals surface area contributed by atoms with Gasteiger partial charge in [0.15, 0.2) is 0 Å². The molecule has 1 aromatic heterocycles. The van der Waals surface area contributed by atoms with Crippen LogP contribution in [0, 0.1) is 6.92 Å². The zero-order valence-electron chi connectivity index (χ0n) is 16.2. The number of rotatable bonds is 6. The van der Waals surface area contributed by atoms with Crippen molar-refractivity contribution in [2.75, 3.05) is 20.6 Å². The Labute approximate surface area is 164 Å². The van der Waals surface area contributed by atoms with Crippen molar-refractivity contribution in [2.45, 2.75) is 18.4 Å². The van der Waals surface area contributed by atoms with E-state index in [2.05, 4.69) is 0 Å². The molecule has 0 aliphatic rings. The fourth-order valence-electron chi connectivity index (χ4n) is 3.35. The van der Waals surface area contributed by atoms with E-state index in [4.69, 9.17) is 5.73 Å². The molecule has 0 amide bonds. The van der Waals surface area contributed by atoms with Gasteiger partial charge in [0.05, 0.1) is 11.4 Å². The Morgan fingerprint density at radius 1 is 1.18 bits per heavy atom. The highest BCUT2D eigenvalue weighted by Crippen LogP contribution is 2.36. The molecule has 0 bridgehead atoms. The Balaban J connectivity index is 2.32. The minimum Gasteiger partial charge on any atom is -0.337 e. The van der Waals surface area contributed by atoms with Crippen molar-refractivity contribution in [1.82, 2.24) is 8.87 Å². The number of nitrogens with two attached hydrogens (primary N) is 1. The summed E-state index contributed by atoms with van der Waals surface area (Å²) >= 11 is 0. The summed E-state index contributed by atoms with van der Waals surface area (Å²) in [6.45, 7) is 2.09. The van der Waals surface area contributed by atoms with Gasteiger partial charge in [-0.05, 0) is 36.8 Å². The molecule has 2 N–H and O–H groups in total. The largest absolute Gasteiger partial charge is 0.337 e. The van der Waals surface area contributed by atoms with Crippen LogP contribution in [-0.4, -0.2) is 37.9 Å². The van der Waals surface area contributed by atoms with E-state index in [0.717, 1.165) is 27.7 Å². The maximum absolute atomic E-state index is 14.2. The van der Waals surface area contributed by atoms with Gasteiger partial charge in [-0.15, -0.1) is 0 Å². The van der Waals surface area contributed by atoms with Gasteiger partial charge < -0.3 is 10.3 Å². The standard InChI is InChI=1S/C21H24FN3O2S/c1-15-21(16-7-5-4-6-8-16)19-13-18(28(26,27)24(2)3)9-10-20(19)25(15)14-17(22)11-12-23/h4-11,13H,12,14,23H2,1-3H3. The van der Waals surface area contributed by atoms with Gasteiger partial charge in [0.25, 0.3) is 0 Å². The molecule has 3 aromatic rings. The number of benzene rings is 2. The van der Waals surface area contributed by atoms with Crippen LogP contribution in [0.15, 0.2) is 65.3 Å². The summed E-state index contributed by atoms with van der Waals surface area (Å²) in [6, 6.07) is 14.7. The SMILES string of the molecule is Cc1c(-c2ccccc2)c2cc(S(=O)(=O)N(C)C)ccc2n1CC(F)=CCN. The maximum Gasteiger partial charge on any atom is 0.242 e. The molecule has 0 aliphatic carbocycles. The summed E-state index contributed by atoms with van der Waals surface area (Å²) in [5.74, 6) is -0.327. The van der Waals surface area contributed by atoms with Crippen LogP contribution in [0.2, 0.25) is 0 Å². The molecule has 0 spiro atoms. The molecule has 0 aliphatic heterocycles. The van der Waals surface area contributed by atoms with Crippen LogP contribution < -0.4 is 5.73 Å². The molecular weight excluding hydrogens is 377 g/mol. The molecule has 5 nitrogen and oxygen atoms in total. The van der Waals surface area contributed by atoms with Gasteiger partial charge in [-0.3, -0.25) is 0 Å². The minimum absolute atomic E-state index is 0.0478. The second kappa shape index (κ2) is 7.87. The molecule has 148 valence electrons. The third kappa shape index (κ3) is 3.61. The Morgan fingerprint density at radius 3 is 2.46 bits per heavy atom. The third-order valence-electron chi connectivity index (χ3n) is 4.78. The predicted molar refractivity (Wildman–Crippen MR) is 111 cm³/mol. The van der Waals surface area contributed by atoms with Crippen molar-refractivity contribution < 1.29 is 12.8 Å². The molecule has 0 saturated heterocycles. The molecule has 7 heteroatoms. The first-order valence-corrected chi connectivity index (χ1v) is 10.4. The van der Waals surface area contributed by atoms with Crippen molar-refractivity contribution in [1.29, 1.82) is 0 Å². The first-order valence-electron chi connectivity index (χ1n) is 8.92. The van der Waals surface area contributed by atoms with E-state index < -0.39 is 10.0 Å². The number of hydrogen-bond acceptors (Lipinski definition) is 3. The minimum atomic E-state index is -3.58. The van der Waals surface area contributed by atoms with Gasteiger partial charge in [-0.2, -0.15) is 0 Å². The number of hydrogen-bond donors (Lipinski definition) is 1. The number of halogens is 1. The maximum atomic E-state index is 14.2. The fourth-order valence-corrected chi connectivity index (χ4v) is 4.28. The molecule has 0 radical (unpaired) electrons. The second-order valence-electron chi connectivity index (χ2n) is 6.77. The first-order chi connectivity index (χ1) is 13.3. The van der Waals surface area contributed by atoms with E-state index in [-0.39, 0.29) is 23.8 Å². The molecule has 3 rings (SSSR count). The van der Waals surface area contributed by atoms with Gasteiger partial charge in [-0.25, -0.2) is 17.1 Å². The van der Waals surface area contributed by atoms with Gasteiger partial charge in [-0.1, -0.05) is 30.3 Å². The van der Waals surface area contributed by atoms with Crippen molar-refractivity contribution in [3.8, 4) is 11.1 Å². The van der Waals surface area contributed by atoms with Gasteiger partial charge in [0.2, 0.25) is 10.0 Å². The van der Waals surface area contributed by atoms with E-state index in [1.165, 1.54) is 24.5 Å². The summed E-state index contributed by atoms with van der Waals surface area (Å²) in [7, 11) is -0.578. The van der Waals surface area contributed by atoms with Crippen LogP contribution >= 0.6 is 0 Å². The highest BCUT2D eigenvalue weighted by Gasteiger charge is 2.22. The predicted octanol–water partition coefficient (Wildman–Crippen LogP) is 3.68. The smallest absolute Gasteiger partial charge is 0.242 e. The molecule has 28 heavy (non-hydrogen) atoms. The summed E-state index contributed by atoms with van der Waals surface area (Å²) in [5, 5.41) is 0.771. The zero-order valence-corrected chi connectivity index (χ0v) is 17.0. The van der Waals surface area contributed by atoms with E-state index in [0.29, 0.717) is 0 Å². The van der Waals surface area contributed by atoms with Crippen LogP contribution in [0.4, 0.5) is 4.39 Å². The summed E-state index contributed by atoms with van der Waals surface area (Å²) in [6.07, 6.45) is 1.35. The number of allylic oxidation sites excluding steroid dienone is 1. The molecule has 0 saturated carbocycles. The summed E-state index contributed by atoms with van der Waals surface area (Å²) in [4.78, 5) is 0.206. The Morgan fingerprint density at radius 2 is 1.86 bits per heavy atom. The first kappa shape index (κ1) is 20.3. The van der Waals surface area contributed by atoms with E-state index >= 15 is 0 Å². The van der Waals surface area contributed by atoms with Crippen molar-refractivity contribution in [3.63, 3.8) is 0 Å². The number of sulfonamides is 1. The van der Waals surface area contributed by atoms with E-state index in [1.54, 1.807) is 18.2 Å². The molecular formula is C21H24FN3O2S. The van der Waals surface area contributed by atoms with Gasteiger partial charge in [0.1, 0.15) is 5.83 Å². The molecule has 0 atom stereocenters. The van der Waals surface area contributed by atoms with Crippen LogP contribution in [-0.2, 0) is 16.6 Å². The monoisotopic (exact) mass is 401 g/mol. The van der Waals surface area contributed by atoms with Crippen molar-refractivity contribution >= 4 is 20.9 Å². The Kier molecular flexibility index (Phi) is 5.69. The van der Waals surface area contributed by atoms with Crippen molar-refractivity contribution in [3.05, 3.63) is 66.1 Å². The molecule has 0 unspecified atom stereocenters. The topological polar surface area (TPSA) is 68.3 Å². The third-order valence-corrected chi connectivity index (χ3v) is 6.60. The lowest BCUT2D eigenvalue weighted by Gasteiger charge is -2.12. The van der Waals surface area contributed by atoms with E-state index in [1.807, 2.05) is 41.8 Å². The average Bonchev–Trinajstić information content (AvgIpc) is 2.93. The highest BCUT2D eigenvalue weighted by atomic mass is 32.2. The van der Waals surface area contributed by atoms with E-state index in [9.17, 15) is 12.8 Å². The summed E-state index contributed by atoms with van der Waals surface area (Å²) < 4.78 is 42.5. The lowest BCUT2D eigenvalue weighted by Crippen LogP contribution is -2.22. The Bertz CT molecular complexity index is 1130. The van der Waals surface area contributed by atoms with Crippen LogP contribution in [0.5, 0.6) is 0 Å². The highest BCUT2D eigenvalue weighted by molar-refractivity contribution is 7.89. The van der Waals surface area contributed by atoms with Crippen molar-refractivity contribution in [2.24, 2.45) is 5.73 Å². The summed E-state index contributed by atoms with van der Waals surface area (Å²) in [5.41, 5.74) is 8.91. The van der Waals surface area contributed by atoms with Gasteiger partial charge in [0, 0.05) is 42.8 Å². The molecule has 1 heterocycles. The molecule has 2 aromatic carbocycles. The second-order valence-corrected chi connectivity index (χ2v) is 8.92. The quantitative estimate of drug-likeness (QED) is 0.685. The van der Waals surface area contributed by atoms with Gasteiger partial charge >= 0.3 is 0 Å². The van der Waals surface area contributed by atoms with Crippen LogP contribution in [0.1, 0.15) is 5.69 Å². The number of aromatic nitrogens is 1. The van der Waals surface area contributed by atoms with Crippen LogP contribution in [0.3, 0.4) is 0 Å². The number of fused-ring (bicyclic) bond motifs is 1. The number of nitrogens with zero attached hydrogens (tertiary/aromatic N) is 2. The fraction of sp³-hybridized carbons (Fsp3) is 0.238. The van der Waals surface area contributed by atoms with Crippen LogP contribution in [0.25, 0.3) is 22.0 Å². The lowest BCUT2D eigenvalue weighted by atomic mass is 10.0. The zero-order chi connectivity index (χ0) is 20.5.